The first-order valence-electron chi connectivity index (χ1n) is 5.06. The van der Waals surface area contributed by atoms with Crippen LogP contribution in [0.4, 0.5) is 13.2 Å². The summed E-state index contributed by atoms with van der Waals surface area (Å²) in [4.78, 5) is 0.197. The van der Waals surface area contributed by atoms with Crippen molar-refractivity contribution in [2.24, 2.45) is 0 Å². The largest absolute Gasteiger partial charge is 0.417 e. The van der Waals surface area contributed by atoms with E-state index in [2.05, 4.69) is 0 Å². The van der Waals surface area contributed by atoms with E-state index in [1.807, 2.05) is 0 Å². The van der Waals surface area contributed by atoms with Crippen LogP contribution in [0, 0.1) is 0 Å². The summed E-state index contributed by atoms with van der Waals surface area (Å²) < 4.78 is 43.4. The molecule has 0 aliphatic carbocycles. The van der Waals surface area contributed by atoms with Crippen molar-refractivity contribution in [3.8, 4) is 0 Å². The highest BCUT2D eigenvalue weighted by Gasteiger charge is 2.35. The molecule has 0 radical (unpaired) electrons. The lowest BCUT2D eigenvalue weighted by molar-refractivity contribution is -0.139. The van der Waals surface area contributed by atoms with E-state index in [9.17, 15) is 13.2 Å². The molecule has 0 bridgehead atoms. The van der Waals surface area contributed by atoms with Gasteiger partial charge in [-0.1, -0.05) is 6.07 Å². The SMILES string of the molecule is OCc1ccc(SC2COC2)c(C(F)(F)F)c1. The highest BCUT2D eigenvalue weighted by molar-refractivity contribution is 8.00. The fourth-order valence-corrected chi connectivity index (χ4v) is 2.60. The standard InChI is InChI=1S/C11H11F3O2S/c12-11(13,14)9-3-7(4-15)1-2-10(9)17-8-5-16-6-8/h1-3,8,15H,4-6H2. The Kier molecular flexibility index (Phi) is 3.65. The average molecular weight is 264 g/mol. The summed E-state index contributed by atoms with van der Waals surface area (Å²) in [6.07, 6.45) is -4.39. The Morgan fingerprint density at radius 2 is 2.06 bits per heavy atom. The molecule has 94 valence electrons. The molecule has 0 spiro atoms. The highest BCUT2D eigenvalue weighted by atomic mass is 32.2. The van der Waals surface area contributed by atoms with E-state index in [4.69, 9.17) is 9.84 Å². The summed E-state index contributed by atoms with van der Waals surface area (Å²) in [5, 5.41) is 8.96. The molecule has 1 aliphatic heterocycles. The van der Waals surface area contributed by atoms with Gasteiger partial charge in [0.05, 0.1) is 30.6 Å². The van der Waals surface area contributed by atoms with Crippen LogP contribution in [0.25, 0.3) is 0 Å². The van der Waals surface area contributed by atoms with E-state index in [-0.39, 0.29) is 22.3 Å². The third kappa shape index (κ3) is 2.94. The molecule has 2 rings (SSSR count). The summed E-state index contributed by atoms with van der Waals surface area (Å²) in [7, 11) is 0. The van der Waals surface area contributed by atoms with Crippen LogP contribution >= 0.6 is 11.8 Å². The second-order valence-corrected chi connectivity index (χ2v) is 5.11. The van der Waals surface area contributed by atoms with Gasteiger partial charge in [0.25, 0.3) is 0 Å². The predicted octanol–water partition coefficient (Wildman–Crippen LogP) is 2.69. The zero-order chi connectivity index (χ0) is 12.5. The van der Waals surface area contributed by atoms with Crippen molar-refractivity contribution in [2.75, 3.05) is 13.2 Å². The molecule has 0 aromatic heterocycles. The van der Waals surface area contributed by atoms with Crippen LogP contribution in [-0.2, 0) is 17.5 Å². The third-order valence-corrected chi connectivity index (χ3v) is 3.65. The molecule has 1 saturated heterocycles. The molecule has 0 saturated carbocycles. The van der Waals surface area contributed by atoms with Gasteiger partial charge in [-0.2, -0.15) is 13.2 Å². The smallest absolute Gasteiger partial charge is 0.392 e. The molecule has 17 heavy (non-hydrogen) atoms. The minimum absolute atomic E-state index is 0.0936. The monoisotopic (exact) mass is 264 g/mol. The van der Waals surface area contributed by atoms with Crippen molar-refractivity contribution in [3.05, 3.63) is 29.3 Å². The van der Waals surface area contributed by atoms with Crippen molar-refractivity contribution in [1.82, 2.24) is 0 Å². The lowest BCUT2D eigenvalue weighted by Crippen LogP contribution is -2.30. The maximum absolute atomic E-state index is 12.8. The van der Waals surface area contributed by atoms with E-state index in [1.165, 1.54) is 23.9 Å². The van der Waals surface area contributed by atoms with E-state index in [0.29, 0.717) is 13.2 Å². The quantitative estimate of drug-likeness (QED) is 0.910. The number of hydrogen-bond acceptors (Lipinski definition) is 3. The Morgan fingerprint density at radius 3 is 2.53 bits per heavy atom. The van der Waals surface area contributed by atoms with E-state index >= 15 is 0 Å². The molecule has 0 amide bonds. The predicted molar refractivity (Wildman–Crippen MR) is 57.8 cm³/mol. The number of ether oxygens (including phenoxy) is 1. The normalized spacial score (nSPS) is 16.9. The Balaban J connectivity index is 2.28. The minimum Gasteiger partial charge on any atom is -0.392 e. The Hall–Kier alpha value is -0.720. The van der Waals surface area contributed by atoms with Gasteiger partial charge in [0.15, 0.2) is 0 Å². The number of rotatable bonds is 3. The van der Waals surface area contributed by atoms with Crippen molar-refractivity contribution in [3.63, 3.8) is 0 Å². The number of hydrogen-bond donors (Lipinski definition) is 1. The van der Waals surface area contributed by atoms with Crippen LogP contribution in [-0.4, -0.2) is 23.6 Å². The number of alkyl halides is 3. The van der Waals surface area contributed by atoms with E-state index in [1.54, 1.807) is 0 Å². The maximum atomic E-state index is 12.8. The summed E-state index contributed by atoms with van der Waals surface area (Å²) in [5.74, 6) is 0. The topological polar surface area (TPSA) is 29.5 Å². The van der Waals surface area contributed by atoms with Crippen molar-refractivity contribution < 1.29 is 23.0 Å². The number of aliphatic hydroxyl groups excluding tert-OH is 1. The molecule has 1 aliphatic rings. The molecule has 1 heterocycles. The van der Waals surface area contributed by atoms with Crippen LogP contribution < -0.4 is 0 Å². The van der Waals surface area contributed by atoms with Crippen LogP contribution in [0.3, 0.4) is 0 Å². The number of thioether (sulfide) groups is 1. The zero-order valence-corrected chi connectivity index (χ0v) is 9.64. The summed E-state index contributed by atoms with van der Waals surface area (Å²) >= 11 is 1.18. The maximum Gasteiger partial charge on any atom is 0.417 e. The second kappa shape index (κ2) is 4.88. The van der Waals surface area contributed by atoms with E-state index < -0.39 is 11.7 Å². The van der Waals surface area contributed by atoms with E-state index in [0.717, 1.165) is 6.07 Å². The van der Waals surface area contributed by atoms with Gasteiger partial charge >= 0.3 is 6.18 Å². The van der Waals surface area contributed by atoms with Gasteiger partial charge in [-0.3, -0.25) is 0 Å². The molecule has 0 atom stereocenters. The Morgan fingerprint density at radius 1 is 1.35 bits per heavy atom. The number of halogens is 3. The van der Waals surface area contributed by atoms with Crippen LogP contribution in [0.5, 0.6) is 0 Å². The molecule has 2 nitrogen and oxygen atoms in total. The van der Waals surface area contributed by atoms with Gasteiger partial charge in [-0.15, -0.1) is 11.8 Å². The third-order valence-electron chi connectivity index (χ3n) is 2.43. The van der Waals surface area contributed by atoms with Crippen molar-refractivity contribution >= 4 is 11.8 Å². The second-order valence-electron chi connectivity index (χ2n) is 3.76. The number of aliphatic hydroxyl groups is 1. The van der Waals surface area contributed by atoms with Crippen LogP contribution in [0.15, 0.2) is 23.1 Å². The summed E-state index contributed by atoms with van der Waals surface area (Å²) in [5.41, 5.74) is -0.410. The van der Waals surface area contributed by atoms with Gasteiger partial charge in [-0.05, 0) is 17.7 Å². The minimum atomic E-state index is -4.39. The fourth-order valence-electron chi connectivity index (χ4n) is 1.46. The van der Waals surface area contributed by atoms with Gasteiger partial charge < -0.3 is 9.84 Å². The molecule has 1 N–H and O–H groups in total. The molecule has 1 aromatic carbocycles. The van der Waals surface area contributed by atoms with Gasteiger partial charge in [-0.25, -0.2) is 0 Å². The first kappa shape index (κ1) is 12.7. The fraction of sp³-hybridized carbons (Fsp3) is 0.455. The molecular weight excluding hydrogens is 253 g/mol. The number of benzene rings is 1. The van der Waals surface area contributed by atoms with Crippen LogP contribution in [0.1, 0.15) is 11.1 Å². The molecule has 1 aromatic rings. The van der Waals surface area contributed by atoms with Gasteiger partial charge in [0, 0.05) is 4.90 Å². The van der Waals surface area contributed by atoms with Crippen LogP contribution in [0.2, 0.25) is 0 Å². The Bertz CT molecular complexity index is 402. The first-order chi connectivity index (χ1) is 8.00. The van der Waals surface area contributed by atoms with Crippen molar-refractivity contribution in [2.45, 2.75) is 22.9 Å². The lowest BCUT2D eigenvalue weighted by Gasteiger charge is -2.26. The van der Waals surface area contributed by atoms with Gasteiger partial charge in [0.1, 0.15) is 0 Å². The summed E-state index contributed by atoms with van der Waals surface area (Å²) in [6, 6.07) is 3.93. The Labute approximate surface area is 101 Å². The molecular formula is C11H11F3O2S. The van der Waals surface area contributed by atoms with Gasteiger partial charge in [0.2, 0.25) is 0 Å². The zero-order valence-electron chi connectivity index (χ0n) is 8.83. The molecule has 1 fully saturated rings. The van der Waals surface area contributed by atoms with Crippen molar-refractivity contribution in [1.29, 1.82) is 0 Å². The highest BCUT2D eigenvalue weighted by Crippen LogP contribution is 2.39. The first-order valence-corrected chi connectivity index (χ1v) is 5.94. The average Bonchev–Trinajstić information content (AvgIpc) is 2.22. The summed E-state index contributed by atoms with van der Waals surface area (Å²) in [6.45, 7) is 0.591. The molecule has 0 unspecified atom stereocenters. The lowest BCUT2D eigenvalue weighted by atomic mass is 10.1. The molecule has 6 heteroatoms.